The summed E-state index contributed by atoms with van der Waals surface area (Å²) in [6.07, 6.45) is -0.704. The molecule has 0 saturated carbocycles. The van der Waals surface area contributed by atoms with E-state index >= 15 is 0 Å². The van der Waals surface area contributed by atoms with Crippen LogP contribution in [0.3, 0.4) is 0 Å². The molecule has 4 rings (SSSR count). The first-order chi connectivity index (χ1) is 14.6. The van der Waals surface area contributed by atoms with Gasteiger partial charge in [-0.1, -0.05) is 13.8 Å². The standard InChI is InChI=1S/C22H26N4O4/c1-3-9-29-13-5-7-15-17(11-13)25-21(23-15)19(27)20(28)22-24-16-8-6-14(30-10-4-2)12-18(16)26-22/h5-8,11-12,19-20,27-28H,3-4,9-10H2,1-2H3,(H,23,25)(H,24,26)/t19-,20-/m1/s1. The van der Waals surface area contributed by atoms with Crippen LogP contribution in [-0.2, 0) is 0 Å². The summed E-state index contributed by atoms with van der Waals surface area (Å²) in [7, 11) is 0. The summed E-state index contributed by atoms with van der Waals surface area (Å²) in [4.78, 5) is 14.9. The van der Waals surface area contributed by atoms with Gasteiger partial charge in [-0.25, -0.2) is 9.97 Å². The quantitative estimate of drug-likeness (QED) is 0.334. The molecule has 0 aliphatic carbocycles. The van der Waals surface area contributed by atoms with Crippen LogP contribution in [0, 0.1) is 0 Å². The highest BCUT2D eigenvalue weighted by molar-refractivity contribution is 5.77. The Bertz CT molecular complexity index is 1050. The highest BCUT2D eigenvalue weighted by Gasteiger charge is 2.26. The molecule has 4 N–H and O–H groups in total. The van der Waals surface area contributed by atoms with Gasteiger partial charge in [0.2, 0.25) is 0 Å². The second-order valence-electron chi connectivity index (χ2n) is 7.19. The van der Waals surface area contributed by atoms with Crippen molar-refractivity contribution in [3.63, 3.8) is 0 Å². The van der Waals surface area contributed by atoms with Gasteiger partial charge < -0.3 is 29.7 Å². The Morgan fingerprint density at radius 3 is 1.60 bits per heavy atom. The second-order valence-corrected chi connectivity index (χ2v) is 7.19. The Morgan fingerprint density at radius 2 is 1.20 bits per heavy atom. The number of H-pyrrole nitrogens is 2. The fourth-order valence-electron chi connectivity index (χ4n) is 3.22. The first kappa shape index (κ1) is 20.2. The van der Waals surface area contributed by atoms with Crippen LogP contribution in [0.4, 0.5) is 0 Å². The van der Waals surface area contributed by atoms with Gasteiger partial charge in [0.1, 0.15) is 35.4 Å². The average Bonchev–Trinajstić information content (AvgIpc) is 3.38. The third-order valence-corrected chi connectivity index (χ3v) is 4.75. The molecule has 0 unspecified atom stereocenters. The highest BCUT2D eigenvalue weighted by Crippen LogP contribution is 2.30. The Hall–Kier alpha value is -3.10. The van der Waals surface area contributed by atoms with Gasteiger partial charge in [0.25, 0.3) is 0 Å². The summed E-state index contributed by atoms with van der Waals surface area (Å²) in [5.74, 6) is 1.98. The summed E-state index contributed by atoms with van der Waals surface area (Å²) in [5, 5.41) is 21.4. The maximum atomic E-state index is 10.7. The number of rotatable bonds is 9. The first-order valence-corrected chi connectivity index (χ1v) is 10.2. The molecule has 0 aliphatic rings. The van der Waals surface area contributed by atoms with Crippen LogP contribution in [0.25, 0.3) is 22.1 Å². The summed E-state index contributed by atoms with van der Waals surface area (Å²) in [6.45, 7) is 5.35. The number of aliphatic hydroxyl groups excluding tert-OH is 2. The Morgan fingerprint density at radius 1 is 0.767 bits per heavy atom. The summed E-state index contributed by atoms with van der Waals surface area (Å²) in [5.41, 5.74) is 2.82. The van der Waals surface area contributed by atoms with Crippen molar-refractivity contribution in [2.45, 2.75) is 38.9 Å². The monoisotopic (exact) mass is 410 g/mol. The molecule has 2 aromatic heterocycles. The Balaban J connectivity index is 1.55. The number of benzene rings is 2. The van der Waals surface area contributed by atoms with Gasteiger partial charge in [-0.2, -0.15) is 0 Å². The van der Waals surface area contributed by atoms with Crippen LogP contribution >= 0.6 is 0 Å². The van der Waals surface area contributed by atoms with E-state index in [1.807, 2.05) is 50.2 Å². The third-order valence-electron chi connectivity index (χ3n) is 4.75. The molecule has 0 bridgehead atoms. The summed E-state index contributed by atoms with van der Waals surface area (Å²) in [6, 6.07) is 11.0. The van der Waals surface area contributed by atoms with Gasteiger partial charge in [-0.3, -0.25) is 0 Å². The average molecular weight is 410 g/mol. The fraction of sp³-hybridized carbons (Fsp3) is 0.364. The number of fused-ring (bicyclic) bond motifs is 2. The van der Waals surface area contributed by atoms with Gasteiger partial charge in [0.05, 0.1) is 35.3 Å². The van der Waals surface area contributed by atoms with E-state index in [0.717, 1.165) is 35.4 Å². The maximum Gasteiger partial charge on any atom is 0.145 e. The predicted molar refractivity (Wildman–Crippen MR) is 114 cm³/mol. The normalized spacial score (nSPS) is 13.6. The molecule has 0 amide bonds. The van der Waals surface area contributed by atoms with Gasteiger partial charge in [0.15, 0.2) is 0 Å². The Kier molecular flexibility index (Phi) is 5.87. The van der Waals surface area contributed by atoms with Gasteiger partial charge in [0, 0.05) is 12.1 Å². The molecular formula is C22H26N4O4. The van der Waals surface area contributed by atoms with Gasteiger partial charge in [-0.05, 0) is 37.1 Å². The molecule has 2 atom stereocenters. The van der Waals surface area contributed by atoms with Crippen LogP contribution in [0.2, 0.25) is 0 Å². The van der Waals surface area contributed by atoms with Crippen LogP contribution in [0.15, 0.2) is 36.4 Å². The van der Waals surface area contributed by atoms with Crippen molar-refractivity contribution in [2.24, 2.45) is 0 Å². The molecule has 0 fully saturated rings. The lowest BCUT2D eigenvalue weighted by atomic mass is 10.2. The number of imidazole rings is 2. The predicted octanol–water partition coefficient (Wildman–Crippen LogP) is 3.78. The van der Waals surface area contributed by atoms with Crippen molar-refractivity contribution in [1.82, 2.24) is 19.9 Å². The van der Waals surface area contributed by atoms with E-state index in [-0.39, 0.29) is 11.6 Å². The number of hydrogen-bond acceptors (Lipinski definition) is 6. The lowest BCUT2D eigenvalue weighted by Crippen LogP contribution is -2.13. The summed E-state index contributed by atoms with van der Waals surface area (Å²) < 4.78 is 11.3. The first-order valence-electron chi connectivity index (χ1n) is 10.2. The highest BCUT2D eigenvalue weighted by atomic mass is 16.5. The van der Waals surface area contributed by atoms with Gasteiger partial charge >= 0.3 is 0 Å². The zero-order chi connectivity index (χ0) is 21.1. The lowest BCUT2D eigenvalue weighted by Gasteiger charge is -2.13. The van der Waals surface area contributed by atoms with Crippen molar-refractivity contribution < 1.29 is 19.7 Å². The molecule has 158 valence electrons. The van der Waals surface area contributed by atoms with Crippen molar-refractivity contribution in [2.75, 3.05) is 13.2 Å². The molecule has 2 aromatic carbocycles. The van der Waals surface area contributed by atoms with E-state index in [4.69, 9.17) is 9.47 Å². The zero-order valence-electron chi connectivity index (χ0n) is 17.1. The van der Waals surface area contributed by atoms with Crippen molar-refractivity contribution >= 4 is 22.1 Å². The fourth-order valence-corrected chi connectivity index (χ4v) is 3.22. The van der Waals surface area contributed by atoms with E-state index in [1.54, 1.807) is 0 Å². The molecule has 0 aliphatic heterocycles. The molecule has 8 nitrogen and oxygen atoms in total. The van der Waals surface area contributed by atoms with Crippen LogP contribution in [0.5, 0.6) is 11.5 Å². The zero-order valence-corrected chi connectivity index (χ0v) is 17.1. The van der Waals surface area contributed by atoms with E-state index in [2.05, 4.69) is 19.9 Å². The molecular weight excluding hydrogens is 384 g/mol. The number of ether oxygens (including phenoxy) is 2. The van der Waals surface area contributed by atoms with E-state index < -0.39 is 12.2 Å². The minimum absolute atomic E-state index is 0.262. The van der Waals surface area contributed by atoms with Crippen LogP contribution in [-0.4, -0.2) is 43.4 Å². The van der Waals surface area contributed by atoms with Gasteiger partial charge in [-0.15, -0.1) is 0 Å². The van der Waals surface area contributed by atoms with E-state index in [1.165, 1.54) is 0 Å². The number of nitrogens with zero attached hydrogens (tertiary/aromatic N) is 2. The number of aromatic amines is 2. The molecule has 4 aromatic rings. The minimum Gasteiger partial charge on any atom is -0.494 e. The molecule has 0 spiro atoms. The lowest BCUT2D eigenvalue weighted by molar-refractivity contribution is 0.00780. The number of hydrogen-bond donors (Lipinski definition) is 4. The number of aliphatic hydroxyl groups is 2. The van der Waals surface area contributed by atoms with Crippen LogP contribution < -0.4 is 9.47 Å². The SMILES string of the molecule is CCCOc1ccc2nc([C@H](O)[C@@H](O)c3nc4ccc(OCCC)cc4[nH]3)[nH]c2c1. The second kappa shape index (κ2) is 8.73. The maximum absolute atomic E-state index is 10.7. The summed E-state index contributed by atoms with van der Waals surface area (Å²) >= 11 is 0. The molecule has 0 radical (unpaired) electrons. The molecule has 2 heterocycles. The van der Waals surface area contributed by atoms with Crippen molar-refractivity contribution in [3.8, 4) is 11.5 Å². The third kappa shape index (κ3) is 4.10. The van der Waals surface area contributed by atoms with E-state index in [0.29, 0.717) is 24.2 Å². The topological polar surface area (TPSA) is 116 Å². The smallest absolute Gasteiger partial charge is 0.145 e. The number of aromatic nitrogens is 4. The Labute approximate surface area is 173 Å². The molecule has 30 heavy (non-hydrogen) atoms. The van der Waals surface area contributed by atoms with E-state index in [9.17, 15) is 10.2 Å². The largest absolute Gasteiger partial charge is 0.494 e. The van der Waals surface area contributed by atoms with Crippen molar-refractivity contribution in [1.29, 1.82) is 0 Å². The molecule has 8 heteroatoms. The van der Waals surface area contributed by atoms with Crippen LogP contribution in [0.1, 0.15) is 50.5 Å². The number of nitrogens with one attached hydrogen (secondary N) is 2. The molecule has 0 saturated heterocycles. The minimum atomic E-state index is -1.27. The van der Waals surface area contributed by atoms with Crippen molar-refractivity contribution in [3.05, 3.63) is 48.0 Å².